The summed E-state index contributed by atoms with van der Waals surface area (Å²) in [4.78, 5) is 22.9. The van der Waals surface area contributed by atoms with E-state index >= 15 is 0 Å². The summed E-state index contributed by atoms with van der Waals surface area (Å²) in [5.41, 5.74) is 5.27. The maximum absolute atomic E-state index is 11.3. The Balaban J connectivity index is 3.62. The number of urea groups is 1. The number of carbonyl (C=O) groups excluding carboxylic acids is 2. The number of hydrogen-bond donors (Lipinski definition) is 2. The van der Waals surface area contributed by atoms with Gasteiger partial charge in [-0.2, -0.15) is 0 Å². The van der Waals surface area contributed by atoms with Crippen LogP contribution in [0.1, 0.15) is 6.42 Å². The van der Waals surface area contributed by atoms with Crippen molar-refractivity contribution >= 4 is 12.4 Å². The molecule has 0 aliphatic carbocycles. The summed E-state index contributed by atoms with van der Waals surface area (Å²) in [7, 11) is 1.56. The van der Waals surface area contributed by atoms with Crippen molar-refractivity contribution < 1.29 is 19.1 Å². The zero-order valence-electron chi connectivity index (χ0n) is 9.48. The van der Waals surface area contributed by atoms with Gasteiger partial charge in [0.1, 0.15) is 6.73 Å². The molecule has 7 nitrogen and oxygen atoms in total. The van der Waals surface area contributed by atoms with Gasteiger partial charge in [-0.05, 0) is 13.0 Å². The summed E-state index contributed by atoms with van der Waals surface area (Å²) in [5.74, 6) is 0. The summed E-state index contributed by atoms with van der Waals surface area (Å²) < 4.78 is 9.77. The fourth-order valence-corrected chi connectivity index (χ4v) is 0.892. The van der Waals surface area contributed by atoms with E-state index in [0.29, 0.717) is 39.1 Å². The number of nitrogens with one attached hydrogen (secondary N) is 1. The van der Waals surface area contributed by atoms with Crippen molar-refractivity contribution in [1.29, 1.82) is 0 Å². The molecule has 0 atom stereocenters. The molecular weight excluding hydrogens is 214 g/mol. The Bertz CT molecular complexity index is 201. The summed E-state index contributed by atoms with van der Waals surface area (Å²) in [5, 5.41) is 2.44. The van der Waals surface area contributed by atoms with E-state index in [0.717, 1.165) is 4.90 Å². The van der Waals surface area contributed by atoms with Gasteiger partial charge in [0.05, 0.1) is 13.2 Å². The first kappa shape index (κ1) is 14.8. The van der Waals surface area contributed by atoms with Crippen LogP contribution >= 0.6 is 0 Å². The van der Waals surface area contributed by atoms with Gasteiger partial charge < -0.3 is 20.5 Å². The molecule has 7 heteroatoms. The number of hydrogen-bond acceptors (Lipinski definition) is 5. The largest absolute Gasteiger partial charge is 0.382 e. The quantitative estimate of drug-likeness (QED) is 0.306. The highest BCUT2D eigenvalue weighted by molar-refractivity contribution is 5.84. The summed E-state index contributed by atoms with van der Waals surface area (Å²) in [6.07, 6.45) is 1.05. The fraction of sp³-hybridized carbons (Fsp3) is 0.778. The predicted octanol–water partition coefficient (Wildman–Crippen LogP) is -0.876. The molecule has 0 aromatic rings. The average Bonchev–Trinajstić information content (AvgIpc) is 2.30. The van der Waals surface area contributed by atoms with Gasteiger partial charge in [0, 0.05) is 13.7 Å². The van der Waals surface area contributed by atoms with Gasteiger partial charge in [-0.1, -0.05) is 0 Å². The van der Waals surface area contributed by atoms with Crippen molar-refractivity contribution in [2.75, 3.05) is 40.1 Å². The Morgan fingerprint density at radius 3 is 2.81 bits per heavy atom. The predicted molar refractivity (Wildman–Crippen MR) is 57.7 cm³/mol. The van der Waals surface area contributed by atoms with E-state index in [1.54, 1.807) is 7.11 Å². The maximum atomic E-state index is 11.3. The third-order valence-electron chi connectivity index (χ3n) is 1.75. The Labute approximate surface area is 94.9 Å². The highest BCUT2D eigenvalue weighted by atomic mass is 16.5. The number of carbonyl (C=O) groups is 2. The van der Waals surface area contributed by atoms with Crippen molar-refractivity contribution in [1.82, 2.24) is 10.2 Å². The van der Waals surface area contributed by atoms with Crippen molar-refractivity contribution in [2.24, 2.45) is 5.73 Å². The van der Waals surface area contributed by atoms with Gasteiger partial charge >= 0.3 is 6.03 Å². The number of nitrogens with two attached hydrogens (primary N) is 1. The normalized spacial score (nSPS) is 9.88. The topological polar surface area (TPSA) is 93.9 Å². The van der Waals surface area contributed by atoms with Gasteiger partial charge in [-0.25, -0.2) is 4.79 Å². The Morgan fingerprint density at radius 2 is 2.25 bits per heavy atom. The first-order valence-corrected chi connectivity index (χ1v) is 5.02. The highest BCUT2D eigenvalue weighted by Gasteiger charge is 2.10. The van der Waals surface area contributed by atoms with Crippen LogP contribution in [-0.4, -0.2) is 57.5 Å². The summed E-state index contributed by atoms with van der Waals surface area (Å²) in [6.45, 7) is 1.64. The van der Waals surface area contributed by atoms with Crippen LogP contribution in [0.4, 0.5) is 4.79 Å². The average molecular weight is 233 g/mol. The number of nitrogens with zero attached hydrogens (tertiary/aromatic N) is 1. The van der Waals surface area contributed by atoms with Crippen LogP contribution < -0.4 is 11.1 Å². The molecule has 94 valence electrons. The number of amides is 3. The molecule has 0 aliphatic rings. The molecule has 0 aromatic carbocycles. The van der Waals surface area contributed by atoms with Gasteiger partial charge in [-0.3, -0.25) is 9.69 Å². The minimum Gasteiger partial charge on any atom is -0.382 e. The van der Waals surface area contributed by atoms with Crippen LogP contribution in [0.2, 0.25) is 0 Å². The van der Waals surface area contributed by atoms with Crippen LogP contribution in [0.5, 0.6) is 0 Å². The van der Waals surface area contributed by atoms with Crippen molar-refractivity contribution in [3.8, 4) is 0 Å². The molecule has 0 fully saturated rings. The molecule has 0 saturated carbocycles. The minimum absolute atomic E-state index is 0.0508. The molecule has 0 unspecified atom stereocenters. The zero-order chi connectivity index (χ0) is 12.2. The molecule has 0 bridgehead atoms. The molecule has 0 heterocycles. The van der Waals surface area contributed by atoms with Crippen molar-refractivity contribution in [2.45, 2.75) is 6.42 Å². The molecule has 16 heavy (non-hydrogen) atoms. The number of ether oxygens (including phenoxy) is 2. The van der Waals surface area contributed by atoms with E-state index in [1.807, 2.05) is 0 Å². The Morgan fingerprint density at radius 1 is 1.50 bits per heavy atom. The van der Waals surface area contributed by atoms with E-state index in [1.165, 1.54) is 0 Å². The molecule has 0 radical (unpaired) electrons. The second kappa shape index (κ2) is 10.3. The molecular formula is C9H19N3O4. The van der Waals surface area contributed by atoms with E-state index in [2.05, 4.69) is 5.32 Å². The first-order valence-electron chi connectivity index (χ1n) is 5.02. The molecule has 0 aliphatic heterocycles. The molecule has 3 amide bonds. The lowest BCUT2D eigenvalue weighted by molar-refractivity contribution is -0.115. The van der Waals surface area contributed by atoms with Gasteiger partial charge in [-0.15, -0.1) is 0 Å². The van der Waals surface area contributed by atoms with Crippen molar-refractivity contribution in [3.05, 3.63) is 0 Å². The monoisotopic (exact) mass is 233 g/mol. The fourth-order valence-electron chi connectivity index (χ4n) is 0.892. The SMILES string of the molecule is COCCOCNC(=O)N(C=O)CCCN. The van der Waals surface area contributed by atoms with Gasteiger partial charge in [0.2, 0.25) is 6.41 Å². The Kier molecular flexibility index (Phi) is 9.58. The molecule has 0 rings (SSSR count). The molecule has 0 saturated heterocycles. The van der Waals surface area contributed by atoms with E-state index < -0.39 is 6.03 Å². The highest BCUT2D eigenvalue weighted by Crippen LogP contribution is 1.88. The number of rotatable bonds is 9. The first-order chi connectivity index (χ1) is 7.76. The third kappa shape index (κ3) is 7.16. The lowest BCUT2D eigenvalue weighted by atomic mass is 10.4. The standard InChI is InChI=1S/C9H19N3O4/c1-15-5-6-16-7-11-9(14)12(8-13)4-2-3-10/h8H,2-7,10H2,1H3,(H,11,14). The second-order valence-electron chi connectivity index (χ2n) is 2.97. The van der Waals surface area contributed by atoms with Crippen molar-refractivity contribution in [3.63, 3.8) is 0 Å². The molecule has 0 aromatic heterocycles. The molecule has 0 spiro atoms. The van der Waals surface area contributed by atoms with Gasteiger partial charge in [0.15, 0.2) is 0 Å². The van der Waals surface area contributed by atoms with Crippen LogP contribution in [0, 0.1) is 0 Å². The summed E-state index contributed by atoms with van der Waals surface area (Å²) in [6, 6.07) is -0.485. The number of methoxy groups -OCH3 is 1. The third-order valence-corrected chi connectivity index (χ3v) is 1.75. The van der Waals surface area contributed by atoms with E-state index in [9.17, 15) is 9.59 Å². The lowest BCUT2D eigenvalue weighted by Crippen LogP contribution is -2.41. The number of imide groups is 1. The van der Waals surface area contributed by atoms with Crippen LogP contribution in [0.25, 0.3) is 0 Å². The van der Waals surface area contributed by atoms with Crippen LogP contribution in [0.15, 0.2) is 0 Å². The van der Waals surface area contributed by atoms with E-state index in [4.69, 9.17) is 15.2 Å². The van der Waals surface area contributed by atoms with Gasteiger partial charge in [0.25, 0.3) is 0 Å². The smallest absolute Gasteiger partial charge is 0.325 e. The minimum atomic E-state index is -0.485. The van der Waals surface area contributed by atoms with Crippen LogP contribution in [-0.2, 0) is 14.3 Å². The molecule has 3 N–H and O–H groups in total. The summed E-state index contributed by atoms with van der Waals surface area (Å²) >= 11 is 0. The van der Waals surface area contributed by atoms with E-state index in [-0.39, 0.29) is 6.73 Å². The Hall–Kier alpha value is -1.18. The van der Waals surface area contributed by atoms with Crippen LogP contribution in [0.3, 0.4) is 0 Å². The maximum Gasteiger partial charge on any atom is 0.325 e. The lowest BCUT2D eigenvalue weighted by Gasteiger charge is -2.15. The second-order valence-corrected chi connectivity index (χ2v) is 2.97. The zero-order valence-corrected chi connectivity index (χ0v) is 9.48.